The van der Waals surface area contributed by atoms with Gasteiger partial charge in [0, 0.05) is 19.6 Å². The minimum Gasteiger partial charge on any atom is -0.481 e. The van der Waals surface area contributed by atoms with Crippen LogP contribution in [0.5, 0.6) is 0 Å². The van der Waals surface area contributed by atoms with Gasteiger partial charge in [0.25, 0.3) is 0 Å². The predicted octanol–water partition coefficient (Wildman–Crippen LogP) is 1.85. The first-order valence-corrected chi connectivity index (χ1v) is 6.43. The highest BCUT2D eigenvalue weighted by molar-refractivity contribution is 5.79. The Morgan fingerprint density at radius 2 is 2.22 bits per heavy atom. The topological polar surface area (TPSA) is 69.6 Å². The molecule has 1 fully saturated rings. The molecule has 2 N–H and O–H groups in total. The molecule has 1 saturated heterocycles. The number of likely N-dealkylation sites (tertiary alicyclic amines) is 1. The second kappa shape index (κ2) is 6.42. The second-order valence-electron chi connectivity index (χ2n) is 4.70. The molecule has 0 saturated carbocycles. The van der Waals surface area contributed by atoms with E-state index in [0.29, 0.717) is 32.5 Å². The van der Waals surface area contributed by atoms with Gasteiger partial charge in [-0.2, -0.15) is 0 Å². The summed E-state index contributed by atoms with van der Waals surface area (Å²) in [5.74, 6) is -0.797. The number of allylic oxidation sites excluding steroid dienone is 1. The average molecular weight is 254 g/mol. The van der Waals surface area contributed by atoms with Crippen molar-refractivity contribution in [2.24, 2.45) is 5.41 Å². The Labute approximate surface area is 108 Å². The van der Waals surface area contributed by atoms with Gasteiger partial charge in [-0.3, -0.25) is 4.79 Å². The average Bonchev–Trinajstić information content (AvgIpc) is 2.80. The van der Waals surface area contributed by atoms with Crippen molar-refractivity contribution in [3.05, 3.63) is 12.2 Å². The van der Waals surface area contributed by atoms with E-state index in [4.69, 9.17) is 0 Å². The number of aliphatic carboxylic acids is 1. The van der Waals surface area contributed by atoms with Crippen molar-refractivity contribution in [1.29, 1.82) is 0 Å². The molecular weight excluding hydrogens is 232 g/mol. The van der Waals surface area contributed by atoms with E-state index in [1.54, 1.807) is 4.90 Å². The summed E-state index contributed by atoms with van der Waals surface area (Å²) < 4.78 is 0. The molecule has 1 aliphatic rings. The maximum Gasteiger partial charge on any atom is 0.317 e. The number of amides is 2. The number of carbonyl (C=O) groups excluding carboxylic acids is 1. The number of nitrogens with one attached hydrogen (secondary N) is 1. The number of carbonyl (C=O) groups is 2. The molecule has 0 bridgehead atoms. The molecule has 1 atom stereocenters. The molecule has 0 aliphatic carbocycles. The van der Waals surface area contributed by atoms with Crippen LogP contribution in [0.3, 0.4) is 0 Å². The van der Waals surface area contributed by atoms with Gasteiger partial charge in [0.15, 0.2) is 0 Å². The summed E-state index contributed by atoms with van der Waals surface area (Å²) in [6, 6.07) is -0.156. The number of carboxylic acids is 1. The number of nitrogens with zero attached hydrogens (tertiary/aromatic N) is 1. The lowest BCUT2D eigenvalue weighted by molar-refractivity contribution is -0.148. The molecule has 0 aromatic rings. The van der Waals surface area contributed by atoms with Crippen LogP contribution in [0.15, 0.2) is 12.2 Å². The summed E-state index contributed by atoms with van der Waals surface area (Å²) in [5.41, 5.74) is -0.749. The summed E-state index contributed by atoms with van der Waals surface area (Å²) in [4.78, 5) is 24.7. The zero-order valence-corrected chi connectivity index (χ0v) is 11.1. The van der Waals surface area contributed by atoms with Gasteiger partial charge in [-0.15, -0.1) is 0 Å². The zero-order chi connectivity index (χ0) is 13.6. The standard InChI is InChI=1S/C13H22N2O3/c1-3-5-6-8-14-12(18)15-9-7-13(4-2,10-15)11(16)17/h3,5H,4,6-10H2,1-2H3,(H,14,18)(H,16,17)/b5-3+. The lowest BCUT2D eigenvalue weighted by Gasteiger charge is -2.23. The SMILES string of the molecule is C/C=C/CCNC(=O)N1CCC(CC)(C(=O)O)C1. The number of urea groups is 1. The van der Waals surface area contributed by atoms with Crippen LogP contribution >= 0.6 is 0 Å². The van der Waals surface area contributed by atoms with Crippen LogP contribution in [-0.4, -0.2) is 41.6 Å². The highest BCUT2D eigenvalue weighted by atomic mass is 16.4. The third-order valence-corrected chi connectivity index (χ3v) is 3.59. The smallest absolute Gasteiger partial charge is 0.317 e. The Bertz CT molecular complexity index is 341. The van der Waals surface area contributed by atoms with Gasteiger partial charge in [-0.25, -0.2) is 4.79 Å². The Balaban J connectivity index is 2.45. The largest absolute Gasteiger partial charge is 0.481 e. The zero-order valence-electron chi connectivity index (χ0n) is 11.1. The van der Waals surface area contributed by atoms with E-state index < -0.39 is 11.4 Å². The van der Waals surface area contributed by atoms with Crippen molar-refractivity contribution in [2.75, 3.05) is 19.6 Å². The highest BCUT2D eigenvalue weighted by Gasteiger charge is 2.44. The summed E-state index contributed by atoms with van der Waals surface area (Å²) in [6.07, 6.45) is 5.83. The van der Waals surface area contributed by atoms with Gasteiger partial charge in [0.1, 0.15) is 0 Å². The second-order valence-corrected chi connectivity index (χ2v) is 4.70. The minimum absolute atomic E-state index is 0.156. The third-order valence-electron chi connectivity index (χ3n) is 3.59. The number of hydrogen-bond donors (Lipinski definition) is 2. The van der Waals surface area contributed by atoms with Gasteiger partial charge in [0.05, 0.1) is 5.41 Å². The molecular formula is C13H22N2O3. The van der Waals surface area contributed by atoms with Gasteiger partial charge in [-0.05, 0) is 26.2 Å². The van der Waals surface area contributed by atoms with Crippen molar-refractivity contribution in [1.82, 2.24) is 10.2 Å². The molecule has 0 spiro atoms. The van der Waals surface area contributed by atoms with Crippen molar-refractivity contribution < 1.29 is 14.7 Å². The van der Waals surface area contributed by atoms with Gasteiger partial charge in [-0.1, -0.05) is 19.1 Å². The van der Waals surface area contributed by atoms with Crippen LogP contribution in [0.25, 0.3) is 0 Å². The lowest BCUT2D eigenvalue weighted by atomic mass is 9.84. The number of rotatable bonds is 5. The van der Waals surface area contributed by atoms with E-state index in [1.165, 1.54) is 0 Å². The van der Waals surface area contributed by atoms with Crippen LogP contribution in [0, 0.1) is 5.41 Å². The Morgan fingerprint density at radius 3 is 2.72 bits per heavy atom. The van der Waals surface area contributed by atoms with Crippen molar-refractivity contribution in [3.63, 3.8) is 0 Å². The molecule has 5 nitrogen and oxygen atoms in total. The molecule has 2 amide bonds. The molecule has 0 aromatic heterocycles. The number of hydrogen-bond acceptors (Lipinski definition) is 2. The fourth-order valence-electron chi connectivity index (χ4n) is 2.20. The Morgan fingerprint density at radius 1 is 1.50 bits per heavy atom. The van der Waals surface area contributed by atoms with Crippen LogP contribution in [0.1, 0.15) is 33.1 Å². The normalized spacial score (nSPS) is 23.6. The summed E-state index contributed by atoms with van der Waals surface area (Å²) >= 11 is 0. The van der Waals surface area contributed by atoms with E-state index in [2.05, 4.69) is 5.32 Å². The van der Waals surface area contributed by atoms with Crippen LogP contribution in [0.4, 0.5) is 4.79 Å². The fourth-order valence-corrected chi connectivity index (χ4v) is 2.20. The number of carboxylic acid groups (broad SMARTS) is 1. The van der Waals surface area contributed by atoms with Crippen LogP contribution in [0.2, 0.25) is 0 Å². The first kappa shape index (κ1) is 14.5. The van der Waals surface area contributed by atoms with E-state index in [-0.39, 0.29) is 6.03 Å². The van der Waals surface area contributed by atoms with Crippen LogP contribution in [-0.2, 0) is 4.79 Å². The predicted molar refractivity (Wildman–Crippen MR) is 69.4 cm³/mol. The maximum atomic E-state index is 11.8. The molecule has 5 heteroatoms. The van der Waals surface area contributed by atoms with E-state index in [1.807, 2.05) is 26.0 Å². The first-order chi connectivity index (χ1) is 8.55. The summed E-state index contributed by atoms with van der Waals surface area (Å²) in [7, 11) is 0. The van der Waals surface area contributed by atoms with Crippen molar-refractivity contribution in [2.45, 2.75) is 33.1 Å². The van der Waals surface area contributed by atoms with Gasteiger partial charge >= 0.3 is 12.0 Å². The fraction of sp³-hybridized carbons (Fsp3) is 0.692. The Hall–Kier alpha value is -1.52. The lowest BCUT2D eigenvalue weighted by Crippen LogP contribution is -2.41. The summed E-state index contributed by atoms with van der Waals surface area (Å²) in [6.45, 7) is 5.22. The monoisotopic (exact) mass is 254 g/mol. The molecule has 18 heavy (non-hydrogen) atoms. The molecule has 1 heterocycles. The Kier molecular flexibility index (Phi) is 5.19. The van der Waals surface area contributed by atoms with Crippen molar-refractivity contribution >= 4 is 12.0 Å². The van der Waals surface area contributed by atoms with E-state index in [9.17, 15) is 14.7 Å². The molecule has 0 radical (unpaired) electrons. The van der Waals surface area contributed by atoms with Crippen molar-refractivity contribution in [3.8, 4) is 0 Å². The maximum absolute atomic E-state index is 11.8. The molecule has 102 valence electrons. The molecule has 1 unspecified atom stereocenters. The molecule has 1 rings (SSSR count). The van der Waals surface area contributed by atoms with Crippen LogP contribution < -0.4 is 5.32 Å². The quantitative estimate of drug-likeness (QED) is 0.581. The van der Waals surface area contributed by atoms with Gasteiger partial charge in [0.2, 0.25) is 0 Å². The molecule has 0 aromatic carbocycles. The first-order valence-electron chi connectivity index (χ1n) is 6.43. The van der Waals surface area contributed by atoms with Gasteiger partial charge < -0.3 is 15.3 Å². The minimum atomic E-state index is -0.797. The third kappa shape index (κ3) is 3.24. The molecule has 1 aliphatic heterocycles. The van der Waals surface area contributed by atoms with E-state index >= 15 is 0 Å². The van der Waals surface area contributed by atoms with E-state index in [0.717, 1.165) is 6.42 Å². The summed E-state index contributed by atoms with van der Waals surface area (Å²) in [5, 5.41) is 12.0. The highest BCUT2D eigenvalue weighted by Crippen LogP contribution is 2.34.